The monoisotopic (exact) mass is 253 g/mol. The molecule has 0 saturated carbocycles. The van der Waals surface area contributed by atoms with Crippen LogP contribution in [0.5, 0.6) is 0 Å². The van der Waals surface area contributed by atoms with Crippen molar-refractivity contribution in [3.8, 4) is 0 Å². The summed E-state index contributed by atoms with van der Waals surface area (Å²) >= 11 is 0. The molecule has 0 amide bonds. The second kappa shape index (κ2) is 9.50. The van der Waals surface area contributed by atoms with E-state index in [1.807, 2.05) is 30.3 Å². The zero-order chi connectivity index (χ0) is 8.69. The Kier molecular flexibility index (Phi) is 11.8. The fraction of sp³-hybridized carbons (Fsp3) is 0.300. The van der Waals surface area contributed by atoms with Crippen molar-refractivity contribution in [2.45, 2.75) is 19.6 Å². The molecule has 1 rings (SSSR count). The maximum atomic E-state index is 3.72. The molecule has 0 N–H and O–H groups in total. The van der Waals surface area contributed by atoms with Gasteiger partial charge in [-0.3, -0.25) is 0 Å². The van der Waals surface area contributed by atoms with Gasteiger partial charge in [0.15, 0.2) is 0 Å². The van der Waals surface area contributed by atoms with Gasteiger partial charge in [0.05, 0.1) is 0 Å². The first-order valence-corrected chi connectivity index (χ1v) is 6.76. The molecule has 0 heterocycles. The largest absolute Gasteiger partial charge is 0.199 e. The van der Waals surface area contributed by atoms with Crippen LogP contribution >= 0.6 is 0 Å². The fourth-order valence-electron chi connectivity index (χ4n) is 0.478. The van der Waals surface area contributed by atoms with E-state index in [1.165, 1.54) is 0 Å². The summed E-state index contributed by atoms with van der Waals surface area (Å²) in [6, 6.07) is 9.87. The van der Waals surface area contributed by atoms with E-state index in [0.717, 1.165) is 5.56 Å². The van der Waals surface area contributed by atoms with Gasteiger partial charge in [-0.2, -0.15) is 24.6 Å². The van der Waals surface area contributed by atoms with Crippen LogP contribution < -0.4 is 0 Å². The van der Waals surface area contributed by atoms with Gasteiger partial charge < -0.3 is 0 Å². The van der Waals surface area contributed by atoms with Crippen molar-refractivity contribution in [1.82, 2.24) is 0 Å². The van der Waals surface area contributed by atoms with E-state index in [0.29, 0.717) is 0 Å². The van der Waals surface area contributed by atoms with E-state index >= 15 is 0 Å². The van der Waals surface area contributed by atoms with E-state index in [2.05, 4.69) is 26.6 Å². The minimum Gasteiger partial charge on any atom is -0.199 e. The van der Waals surface area contributed by atoms with Crippen LogP contribution in [0.15, 0.2) is 30.3 Å². The number of hydrogen-bond acceptors (Lipinski definition) is 0. The van der Waals surface area contributed by atoms with Crippen molar-refractivity contribution in [2.75, 3.05) is 0 Å². The molecule has 0 spiro atoms. The van der Waals surface area contributed by atoms with E-state index < -0.39 is 0 Å². The molecular weight excluding hydrogens is 237 g/mol. The van der Waals surface area contributed by atoms with E-state index in [4.69, 9.17) is 0 Å². The standard InChI is InChI=1S/C7H7.C3H9Si.Y/c1-7-5-3-2-4-6-7;1-4(2)3;/h2-6H,1H2;1-3H3;/q-1;;. The third kappa shape index (κ3) is 13.0. The number of benzene rings is 1. The topological polar surface area (TPSA) is 0 Å². The third-order valence-corrected chi connectivity index (χ3v) is 0.843. The van der Waals surface area contributed by atoms with Gasteiger partial charge >= 0.3 is 0 Å². The second-order valence-electron chi connectivity index (χ2n) is 2.99. The third-order valence-electron chi connectivity index (χ3n) is 0.843. The maximum absolute atomic E-state index is 3.72. The Morgan fingerprint density at radius 1 is 1.00 bits per heavy atom. The van der Waals surface area contributed by atoms with Gasteiger partial charge in [0.2, 0.25) is 0 Å². The predicted molar refractivity (Wildman–Crippen MR) is 54.2 cm³/mol. The normalized spacial score (nSPS) is 8.00. The van der Waals surface area contributed by atoms with Gasteiger partial charge in [-0.1, -0.05) is 25.7 Å². The Hall–Kier alpha value is 0.411. The van der Waals surface area contributed by atoms with Crippen molar-refractivity contribution in [3.05, 3.63) is 42.8 Å². The molecule has 1 aromatic rings. The van der Waals surface area contributed by atoms with Crippen LogP contribution in [-0.4, -0.2) is 8.80 Å². The molecule has 0 bridgehead atoms. The second-order valence-corrected chi connectivity index (χ2v) is 5.99. The summed E-state index contributed by atoms with van der Waals surface area (Å²) in [5.41, 5.74) is 1.07. The quantitative estimate of drug-likeness (QED) is 0.492. The van der Waals surface area contributed by atoms with Crippen LogP contribution in [0.3, 0.4) is 0 Å². The predicted octanol–water partition coefficient (Wildman–Crippen LogP) is 3.24. The summed E-state index contributed by atoms with van der Waals surface area (Å²) in [5, 5.41) is 0. The fourth-order valence-corrected chi connectivity index (χ4v) is 0.478. The molecule has 64 valence electrons. The Balaban J connectivity index is 0. The summed E-state index contributed by atoms with van der Waals surface area (Å²) < 4.78 is 0. The molecule has 0 unspecified atom stereocenters. The average Bonchev–Trinajstić information content (AvgIpc) is 1.87. The SMILES string of the molecule is C[Si](C)C.[CH2-]c1ccccc1.[Y]. The Morgan fingerprint density at radius 2 is 1.33 bits per heavy atom. The molecule has 0 fully saturated rings. The van der Waals surface area contributed by atoms with Gasteiger partial charge in [-0.25, -0.2) is 0 Å². The van der Waals surface area contributed by atoms with Crippen molar-refractivity contribution in [1.29, 1.82) is 0 Å². The van der Waals surface area contributed by atoms with Gasteiger partial charge in [-0.05, 0) is 0 Å². The molecule has 0 nitrogen and oxygen atoms in total. The smallest absolute Gasteiger partial charge is 0.0379 e. The molecule has 0 aliphatic rings. The molecule has 2 heteroatoms. The van der Waals surface area contributed by atoms with Gasteiger partial charge in [0.25, 0.3) is 0 Å². The molecule has 0 atom stereocenters. The molecule has 0 aliphatic carbocycles. The van der Waals surface area contributed by atoms with Crippen LogP contribution in [0, 0.1) is 6.92 Å². The molecule has 2 radical (unpaired) electrons. The van der Waals surface area contributed by atoms with Crippen molar-refractivity contribution in [3.63, 3.8) is 0 Å². The van der Waals surface area contributed by atoms with E-state index in [-0.39, 0.29) is 41.5 Å². The first-order chi connectivity index (χ1) is 5.13. The van der Waals surface area contributed by atoms with Gasteiger partial charge in [0, 0.05) is 41.5 Å². The van der Waals surface area contributed by atoms with Crippen LogP contribution in [0.4, 0.5) is 0 Å². The average molecular weight is 253 g/mol. The Morgan fingerprint density at radius 3 is 1.50 bits per heavy atom. The minimum atomic E-state index is 0. The van der Waals surface area contributed by atoms with Crippen LogP contribution in [-0.2, 0) is 32.7 Å². The first kappa shape index (κ1) is 14.9. The zero-order valence-electron chi connectivity index (χ0n) is 8.17. The van der Waals surface area contributed by atoms with E-state index in [1.54, 1.807) is 0 Å². The van der Waals surface area contributed by atoms with Gasteiger partial charge in [-0.15, -0.1) is 12.1 Å². The summed E-state index contributed by atoms with van der Waals surface area (Å²) in [7, 11) is 0.120. The van der Waals surface area contributed by atoms with Crippen molar-refractivity contribution in [2.24, 2.45) is 0 Å². The molecule has 0 aliphatic heterocycles. The molecule has 12 heavy (non-hydrogen) atoms. The molecule has 0 saturated heterocycles. The minimum absolute atomic E-state index is 0. The summed E-state index contributed by atoms with van der Waals surface area (Å²) in [6.07, 6.45) is 0. The summed E-state index contributed by atoms with van der Waals surface area (Å²) in [5.74, 6) is 0. The van der Waals surface area contributed by atoms with Crippen LogP contribution in [0.25, 0.3) is 0 Å². The summed E-state index contributed by atoms with van der Waals surface area (Å²) in [6.45, 7) is 10.5. The van der Waals surface area contributed by atoms with E-state index in [9.17, 15) is 0 Å². The van der Waals surface area contributed by atoms with Crippen molar-refractivity contribution < 1.29 is 32.7 Å². The molecule has 1 aromatic carbocycles. The maximum Gasteiger partial charge on any atom is 0.0379 e. The molecular formula is C10H16SiY-. The van der Waals surface area contributed by atoms with Crippen LogP contribution in [0.1, 0.15) is 5.56 Å². The zero-order valence-corrected chi connectivity index (χ0v) is 12.0. The van der Waals surface area contributed by atoms with Crippen molar-refractivity contribution >= 4 is 8.80 Å². The molecule has 0 aromatic heterocycles. The Labute approximate surface area is 103 Å². The van der Waals surface area contributed by atoms with Gasteiger partial charge in [0.1, 0.15) is 0 Å². The van der Waals surface area contributed by atoms with Crippen LogP contribution in [0.2, 0.25) is 19.6 Å². The summed E-state index contributed by atoms with van der Waals surface area (Å²) in [4.78, 5) is 0. The number of hydrogen-bond donors (Lipinski definition) is 0. The first-order valence-electron chi connectivity index (χ1n) is 3.76. The number of rotatable bonds is 0. The Bertz CT molecular complexity index is 170.